The molecule has 0 aliphatic heterocycles. The first-order chi connectivity index (χ1) is 2.00. The molecule has 0 N–H and O–H groups in total. The van der Waals surface area contributed by atoms with Crippen molar-refractivity contribution in [1.29, 1.82) is 0 Å². The first-order valence-electron chi connectivity index (χ1n) is 0.730. The van der Waals surface area contributed by atoms with Crippen LogP contribution in [0.3, 0.4) is 0 Å². The van der Waals surface area contributed by atoms with Gasteiger partial charge in [-0.1, -0.05) is 0 Å². The molecule has 0 aliphatic rings. The van der Waals surface area contributed by atoms with Crippen LogP contribution in [-0.4, -0.2) is 60.0 Å². The van der Waals surface area contributed by atoms with Gasteiger partial charge in [-0.25, -0.2) is 0 Å². The normalized spacial score (nSPS) is 8.43. The van der Waals surface area contributed by atoms with E-state index in [0.717, 1.165) is 0 Å². The Kier molecular flexibility index (Phi) is 19.2. The van der Waals surface area contributed by atoms with Crippen molar-refractivity contribution in [3.8, 4) is 0 Å². The van der Waals surface area contributed by atoms with Crippen LogP contribution in [0.25, 0.3) is 0 Å². The second-order valence-corrected chi connectivity index (χ2v) is 2.32. The molecule has 0 saturated heterocycles. The summed E-state index contributed by atoms with van der Waals surface area (Å²) in [6.45, 7) is 0. The third-order valence-electron chi connectivity index (χ3n) is 0. The summed E-state index contributed by atoms with van der Waals surface area (Å²) in [6, 6.07) is 0. The van der Waals surface area contributed by atoms with Crippen LogP contribution in [0, 0.1) is 0 Å². The molecule has 0 aromatic heterocycles. The summed E-state index contributed by atoms with van der Waals surface area (Å²) in [5.74, 6) is 0. The van der Waals surface area contributed by atoms with Gasteiger partial charge in [0, 0.05) is 0 Å². The fraction of sp³-hybridized carbons (Fsp3) is 0. The summed E-state index contributed by atoms with van der Waals surface area (Å²) in [5, 5.41) is 0. The van der Waals surface area contributed by atoms with Crippen molar-refractivity contribution in [1.82, 2.24) is 0 Å². The van der Waals surface area contributed by atoms with E-state index in [4.69, 9.17) is 16.0 Å². The zero-order valence-electron chi connectivity index (χ0n) is 3.79. The fourth-order valence-electron chi connectivity index (χ4n) is 0. The largest absolute Gasteiger partial charge is 2.00 e. The van der Waals surface area contributed by atoms with E-state index in [1.165, 1.54) is 0 Å². The van der Waals surface area contributed by atoms with Gasteiger partial charge < -0.3 is 0 Å². The van der Waals surface area contributed by atoms with Gasteiger partial charge in [-0.2, -0.15) is 0 Å². The Morgan fingerprint density at radius 1 is 1.14 bits per heavy atom. The molecule has 0 bridgehead atoms. The van der Waals surface area contributed by atoms with E-state index in [1.807, 2.05) is 0 Å². The number of rotatable bonds is 0. The Bertz CT molecular complexity index is 57.8. The molecule has 7 heavy (non-hydrogen) atoms. The predicted molar refractivity (Wildman–Crippen MR) is 12.2 cm³/mol. The Balaban J connectivity index is -0.0000000800. The van der Waals surface area contributed by atoms with Gasteiger partial charge in [0.15, 0.2) is 0 Å². The van der Waals surface area contributed by atoms with E-state index in [2.05, 4.69) is 0 Å². The molecule has 0 unspecified atom stereocenters. The second-order valence-electron chi connectivity index (χ2n) is 0.447. The van der Waals surface area contributed by atoms with Gasteiger partial charge in [-0.3, -0.25) is 0 Å². The smallest absolute Gasteiger partial charge is 1.00 e. The Labute approximate surface area is 140 Å². The van der Waals surface area contributed by atoms with Gasteiger partial charge in [0.2, 0.25) is 0 Å². The average molecular weight is 359 g/mol. The molecule has 0 spiro atoms. The van der Waals surface area contributed by atoms with Gasteiger partial charge >= 0.3 is 145 Å². The Hall–Kier alpha value is 3.77. The van der Waals surface area contributed by atoms with Gasteiger partial charge in [-0.15, -0.1) is 0 Å². The van der Waals surface area contributed by atoms with Crippen LogP contribution in [0.2, 0.25) is 0 Å². The first-order valence-corrected chi connectivity index (χ1v) is 3.79. The minimum Gasteiger partial charge on any atom is 1.00 e. The quantitative estimate of drug-likeness (QED) is 0.402. The number of hydrogen-bond acceptors (Lipinski definition) is 4. The van der Waals surface area contributed by atoms with E-state index in [9.17, 15) is 0 Å². The molecule has 0 rings (SSSR count). The van der Waals surface area contributed by atoms with E-state index in [1.54, 1.807) is 0 Å². The van der Waals surface area contributed by atoms with Crippen LogP contribution in [0.15, 0.2) is 0 Å². The Morgan fingerprint density at radius 2 is 1.14 bits per heavy atom. The topological polar surface area (TPSA) is 86.2 Å². The molecule has 32 valence electrons. The molecular weight excluding hydrogens is 359 g/mol. The second kappa shape index (κ2) is 7.87. The molecule has 7 heteroatoms. The van der Waals surface area contributed by atoms with Gasteiger partial charge in [-0.05, 0) is 0 Å². The van der Waals surface area contributed by atoms with Crippen molar-refractivity contribution in [2.24, 2.45) is 0 Å². The summed E-state index contributed by atoms with van der Waals surface area (Å²) in [5.41, 5.74) is 0. The molecule has 0 aromatic carbocycles. The molecule has 4 nitrogen and oxygen atoms in total. The van der Waals surface area contributed by atoms with Crippen molar-refractivity contribution in [3.63, 3.8) is 0 Å². The van der Waals surface area contributed by atoms with Crippen LogP contribution in [0.1, 0.15) is 0 Å². The van der Waals surface area contributed by atoms with Gasteiger partial charge in [0.05, 0.1) is 0 Å². The Morgan fingerprint density at radius 3 is 1.14 bits per heavy atom. The summed E-state index contributed by atoms with van der Waals surface area (Å²) in [6.07, 6.45) is 0. The predicted octanol–water partition coefficient (Wildman–Crippen LogP) is -7.44. The van der Waals surface area contributed by atoms with E-state index < -0.39 is 14.5 Å². The van der Waals surface area contributed by atoms with Crippen LogP contribution in [-0.2, 0) is 3.74 Å². The zero-order valence-corrected chi connectivity index (χ0v) is 15.4. The molecule has 0 saturated carbocycles. The van der Waals surface area contributed by atoms with Crippen molar-refractivity contribution < 1.29 is 84.9 Å². The number of hydrogen-bond donors (Lipinski definition) is 0. The molecule has 0 amide bonds. The van der Waals surface area contributed by atoms with Gasteiger partial charge in [0.25, 0.3) is 0 Å². The molecular formula is AsCsO4Sr. The molecule has 0 aliphatic carbocycles. The zero-order chi connectivity index (χ0) is 4.50. The van der Waals surface area contributed by atoms with E-state index >= 15 is 0 Å². The van der Waals surface area contributed by atoms with E-state index in [0.29, 0.717) is 0 Å². The third-order valence-corrected chi connectivity index (χ3v) is 0. The molecule has 0 heterocycles. The maximum atomic E-state index is 8.61. The average Bonchev–Trinajstić information content (AvgIpc) is 0.722. The maximum Gasteiger partial charge on any atom is 2.00 e. The minimum absolute atomic E-state index is 0. The van der Waals surface area contributed by atoms with Crippen molar-refractivity contribution in [2.75, 3.05) is 0 Å². The van der Waals surface area contributed by atoms with Crippen LogP contribution in [0.4, 0.5) is 0 Å². The van der Waals surface area contributed by atoms with Gasteiger partial charge in [0.1, 0.15) is 0 Å². The van der Waals surface area contributed by atoms with Crippen LogP contribution < -0.4 is 81.2 Å². The fourth-order valence-corrected chi connectivity index (χ4v) is 0. The summed E-state index contributed by atoms with van der Waals surface area (Å²) < 4.78 is 34.4. The summed E-state index contributed by atoms with van der Waals surface area (Å²) in [7, 11) is 0. The van der Waals surface area contributed by atoms with Crippen molar-refractivity contribution >= 4 is 60.0 Å². The van der Waals surface area contributed by atoms with Crippen LogP contribution in [0.5, 0.6) is 0 Å². The van der Waals surface area contributed by atoms with E-state index in [-0.39, 0.29) is 114 Å². The molecule has 0 radical (unpaired) electrons. The minimum atomic E-state index is -5.88. The maximum absolute atomic E-state index is 8.61. The standard InChI is InChI=1S/AsH3O4.Cs.Sr/c2-1(3,4)5;;/h(H3,2,3,4,5);;/q;+1;+2/p-3. The molecule has 0 fully saturated rings. The first kappa shape index (κ1) is 17.0. The SMILES string of the molecule is O=[As]([O-])([O-])[O-].[Cs+].[Sr+2]. The molecule has 0 aromatic rings. The third kappa shape index (κ3) is 41.5. The van der Waals surface area contributed by atoms with Crippen molar-refractivity contribution in [3.05, 3.63) is 0 Å². The summed E-state index contributed by atoms with van der Waals surface area (Å²) >= 11 is -5.88. The summed E-state index contributed by atoms with van der Waals surface area (Å²) in [4.78, 5) is 0. The molecule has 0 atom stereocenters. The van der Waals surface area contributed by atoms with Crippen LogP contribution >= 0.6 is 0 Å². The monoisotopic (exact) mass is 360 g/mol. The van der Waals surface area contributed by atoms with Crippen molar-refractivity contribution in [2.45, 2.75) is 0 Å².